The van der Waals surface area contributed by atoms with Crippen LogP contribution in [0.25, 0.3) is 0 Å². The van der Waals surface area contributed by atoms with E-state index in [0.29, 0.717) is 6.54 Å². The fraction of sp³-hybridized carbons (Fsp3) is 0.273. The third kappa shape index (κ3) is 2.92. The maximum atomic E-state index is 5.35. The number of para-hydroxylation sites is 1. The Kier molecular flexibility index (Phi) is 4.06. The quantitative estimate of drug-likeness (QED) is 0.711. The van der Waals surface area contributed by atoms with Crippen molar-refractivity contribution in [3.8, 4) is 5.75 Å². The van der Waals surface area contributed by atoms with E-state index in [0.717, 1.165) is 12.2 Å². The molecule has 1 aromatic carbocycles. The van der Waals surface area contributed by atoms with Crippen molar-refractivity contribution in [2.24, 2.45) is 5.73 Å². The molecule has 0 aliphatic rings. The molecule has 0 atom stereocenters. The average Bonchev–Trinajstić information content (AvgIpc) is 2.19. The molecule has 0 aliphatic heterocycles. The van der Waals surface area contributed by atoms with Crippen LogP contribution in [0.3, 0.4) is 0 Å². The molecule has 13 heavy (non-hydrogen) atoms. The summed E-state index contributed by atoms with van der Waals surface area (Å²) in [5, 5.41) is 0. The minimum absolute atomic E-state index is 0.592. The summed E-state index contributed by atoms with van der Waals surface area (Å²) in [6, 6.07) is 7.99. The molecule has 1 aromatic rings. The van der Waals surface area contributed by atoms with Crippen LogP contribution in [0.5, 0.6) is 5.75 Å². The van der Waals surface area contributed by atoms with Crippen LogP contribution < -0.4 is 10.5 Å². The SMILES string of the molecule is COc1ccccc1C/C=C/CN. The molecule has 0 fully saturated rings. The lowest BCUT2D eigenvalue weighted by Crippen LogP contribution is -1.94. The zero-order valence-corrected chi connectivity index (χ0v) is 7.86. The Bertz CT molecular complexity index is 281. The van der Waals surface area contributed by atoms with Crippen LogP contribution in [-0.4, -0.2) is 13.7 Å². The lowest BCUT2D eigenvalue weighted by Gasteiger charge is -2.04. The molecule has 0 amide bonds. The van der Waals surface area contributed by atoms with E-state index in [4.69, 9.17) is 10.5 Å². The van der Waals surface area contributed by atoms with E-state index in [1.54, 1.807) is 7.11 Å². The van der Waals surface area contributed by atoms with Crippen LogP contribution in [0.4, 0.5) is 0 Å². The fourth-order valence-corrected chi connectivity index (χ4v) is 1.18. The Balaban J connectivity index is 2.69. The average molecular weight is 177 g/mol. The van der Waals surface area contributed by atoms with Gasteiger partial charge in [0.25, 0.3) is 0 Å². The summed E-state index contributed by atoms with van der Waals surface area (Å²) in [7, 11) is 1.69. The zero-order valence-electron chi connectivity index (χ0n) is 7.86. The van der Waals surface area contributed by atoms with Gasteiger partial charge >= 0.3 is 0 Å². The number of ether oxygens (including phenoxy) is 1. The van der Waals surface area contributed by atoms with Crippen LogP contribution in [0.1, 0.15) is 5.56 Å². The second kappa shape index (κ2) is 5.38. The van der Waals surface area contributed by atoms with Crippen molar-refractivity contribution in [3.63, 3.8) is 0 Å². The zero-order chi connectivity index (χ0) is 9.52. The molecule has 2 nitrogen and oxygen atoms in total. The topological polar surface area (TPSA) is 35.2 Å². The van der Waals surface area contributed by atoms with Crippen LogP contribution in [0.15, 0.2) is 36.4 Å². The Hall–Kier alpha value is -1.28. The monoisotopic (exact) mass is 177 g/mol. The van der Waals surface area contributed by atoms with Crippen LogP contribution in [0, 0.1) is 0 Å². The first-order chi connectivity index (χ1) is 6.38. The van der Waals surface area contributed by atoms with E-state index >= 15 is 0 Å². The minimum Gasteiger partial charge on any atom is -0.496 e. The van der Waals surface area contributed by atoms with Gasteiger partial charge in [0.2, 0.25) is 0 Å². The molecule has 0 saturated heterocycles. The molecule has 0 spiro atoms. The number of benzene rings is 1. The van der Waals surface area contributed by atoms with Crippen molar-refractivity contribution in [3.05, 3.63) is 42.0 Å². The summed E-state index contributed by atoms with van der Waals surface area (Å²) in [5.74, 6) is 0.934. The first kappa shape index (κ1) is 9.81. The highest BCUT2D eigenvalue weighted by Gasteiger charge is 1.97. The third-order valence-electron chi connectivity index (χ3n) is 1.83. The van der Waals surface area contributed by atoms with Crippen molar-refractivity contribution in [2.45, 2.75) is 6.42 Å². The Labute approximate surface area is 79.0 Å². The van der Waals surface area contributed by atoms with Gasteiger partial charge in [-0.1, -0.05) is 30.4 Å². The summed E-state index contributed by atoms with van der Waals surface area (Å²) in [5.41, 5.74) is 6.53. The summed E-state index contributed by atoms with van der Waals surface area (Å²) in [4.78, 5) is 0. The Morgan fingerprint density at radius 2 is 2.08 bits per heavy atom. The lowest BCUT2D eigenvalue weighted by atomic mass is 10.1. The number of hydrogen-bond acceptors (Lipinski definition) is 2. The summed E-state index contributed by atoms with van der Waals surface area (Å²) >= 11 is 0. The molecule has 0 bridgehead atoms. The second-order valence-corrected chi connectivity index (χ2v) is 2.72. The molecule has 2 N–H and O–H groups in total. The van der Waals surface area contributed by atoms with E-state index in [1.165, 1.54) is 5.56 Å². The number of methoxy groups -OCH3 is 1. The van der Waals surface area contributed by atoms with Gasteiger partial charge in [-0.15, -0.1) is 0 Å². The highest BCUT2D eigenvalue weighted by Crippen LogP contribution is 2.17. The molecule has 0 radical (unpaired) electrons. The third-order valence-corrected chi connectivity index (χ3v) is 1.83. The van der Waals surface area contributed by atoms with E-state index < -0.39 is 0 Å². The lowest BCUT2D eigenvalue weighted by molar-refractivity contribution is 0.410. The molecule has 0 aromatic heterocycles. The molecular formula is C11H15NO. The minimum atomic E-state index is 0.592. The van der Waals surface area contributed by atoms with Crippen LogP contribution in [-0.2, 0) is 6.42 Å². The summed E-state index contributed by atoms with van der Waals surface area (Å²) < 4.78 is 5.21. The van der Waals surface area contributed by atoms with Gasteiger partial charge in [0.15, 0.2) is 0 Å². The van der Waals surface area contributed by atoms with Gasteiger partial charge in [0.05, 0.1) is 7.11 Å². The highest BCUT2D eigenvalue weighted by molar-refractivity contribution is 5.34. The molecule has 0 saturated carbocycles. The second-order valence-electron chi connectivity index (χ2n) is 2.72. The van der Waals surface area contributed by atoms with Crippen molar-refractivity contribution in [1.82, 2.24) is 0 Å². The predicted octanol–water partition coefficient (Wildman–Crippen LogP) is 1.75. The van der Waals surface area contributed by atoms with E-state index in [1.807, 2.05) is 24.3 Å². The number of allylic oxidation sites excluding steroid dienone is 1. The van der Waals surface area contributed by atoms with Gasteiger partial charge in [-0.05, 0) is 18.1 Å². The molecule has 0 aliphatic carbocycles. The normalized spacial score (nSPS) is 10.6. The Morgan fingerprint density at radius 3 is 2.77 bits per heavy atom. The van der Waals surface area contributed by atoms with Crippen molar-refractivity contribution < 1.29 is 4.74 Å². The number of hydrogen-bond donors (Lipinski definition) is 1. The predicted molar refractivity (Wildman–Crippen MR) is 54.9 cm³/mol. The van der Waals surface area contributed by atoms with Gasteiger partial charge in [0.1, 0.15) is 5.75 Å². The summed E-state index contributed by atoms with van der Waals surface area (Å²) in [6.07, 6.45) is 4.88. The van der Waals surface area contributed by atoms with Crippen molar-refractivity contribution in [2.75, 3.05) is 13.7 Å². The molecular weight excluding hydrogens is 162 g/mol. The Morgan fingerprint density at radius 1 is 1.31 bits per heavy atom. The van der Waals surface area contributed by atoms with Crippen molar-refractivity contribution in [1.29, 1.82) is 0 Å². The van der Waals surface area contributed by atoms with Gasteiger partial charge in [0, 0.05) is 6.54 Å². The molecule has 0 unspecified atom stereocenters. The van der Waals surface area contributed by atoms with Gasteiger partial charge < -0.3 is 10.5 Å². The highest BCUT2D eigenvalue weighted by atomic mass is 16.5. The molecule has 70 valence electrons. The first-order valence-corrected chi connectivity index (χ1v) is 4.35. The largest absolute Gasteiger partial charge is 0.496 e. The van der Waals surface area contributed by atoms with E-state index in [-0.39, 0.29) is 0 Å². The van der Waals surface area contributed by atoms with Crippen molar-refractivity contribution >= 4 is 0 Å². The fourth-order valence-electron chi connectivity index (χ4n) is 1.18. The van der Waals surface area contributed by atoms with E-state index in [2.05, 4.69) is 12.1 Å². The number of nitrogens with two attached hydrogens (primary N) is 1. The van der Waals surface area contributed by atoms with E-state index in [9.17, 15) is 0 Å². The molecule has 2 heteroatoms. The number of rotatable bonds is 4. The first-order valence-electron chi connectivity index (χ1n) is 4.35. The molecule has 0 heterocycles. The smallest absolute Gasteiger partial charge is 0.122 e. The molecule has 1 rings (SSSR count). The van der Waals surface area contributed by atoms with Gasteiger partial charge in [-0.3, -0.25) is 0 Å². The standard InChI is InChI=1S/C11H15NO/c1-13-11-8-3-2-6-10(11)7-4-5-9-12/h2-6,8H,7,9,12H2,1H3/b5-4+. The van der Waals surface area contributed by atoms with Crippen LogP contribution in [0.2, 0.25) is 0 Å². The van der Waals surface area contributed by atoms with Crippen LogP contribution >= 0.6 is 0 Å². The van der Waals surface area contributed by atoms with Gasteiger partial charge in [-0.2, -0.15) is 0 Å². The van der Waals surface area contributed by atoms with Gasteiger partial charge in [-0.25, -0.2) is 0 Å². The maximum absolute atomic E-state index is 5.35. The maximum Gasteiger partial charge on any atom is 0.122 e. The summed E-state index contributed by atoms with van der Waals surface area (Å²) in [6.45, 7) is 0.592.